The van der Waals surface area contributed by atoms with Crippen molar-refractivity contribution in [1.29, 1.82) is 0 Å². The summed E-state index contributed by atoms with van der Waals surface area (Å²) < 4.78 is 20.1. The average Bonchev–Trinajstić information content (AvgIpc) is 2.41. The first-order valence-electron chi connectivity index (χ1n) is 6.01. The summed E-state index contributed by atoms with van der Waals surface area (Å²) in [6.07, 6.45) is -0.623. The zero-order valence-corrected chi connectivity index (χ0v) is 13.9. The molecule has 0 saturated carbocycles. The number of benzene rings is 2. The van der Waals surface area contributed by atoms with Crippen molar-refractivity contribution in [2.24, 2.45) is 0 Å². The molecule has 0 saturated heterocycles. The van der Waals surface area contributed by atoms with Gasteiger partial charge in [0.1, 0.15) is 18.2 Å². The van der Waals surface area contributed by atoms with E-state index in [0.717, 1.165) is 10.0 Å². The van der Waals surface area contributed by atoms with Crippen molar-refractivity contribution in [3.05, 3.63) is 62.3 Å². The highest BCUT2D eigenvalue weighted by atomic mass is 79.9. The Morgan fingerprint density at radius 1 is 1.20 bits per heavy atom. The lowest BCUT2D eigenvalue weighted by Crippen LogP contribution is -2.01. The summed E-state index contributed by atoms with van der Waals surface area (Å²) in [6.45, 7) is 1.99. The van der Waals surface area contributed by atoms with E-state index in [-0.39, 0.29) is 5.82 Å². The minimum Gasteiger partial charge on any atom is -0.489 e. The molecule has 0 radical (unpaired) electrons. The van der Waals surface area contributed by atoms with E-state index in [1.807, 2.05) is 12.1 Å². The maximum atomic E-state index is 13.2. The van der Waals surface area contributed by atoms with Crippen molar-refractivity contribution in [3.8, 4) is 5.75 Å². The number of ether oxygens (including phenoxy) is 1. The second-order valence-corrected chi connectivity index (χ2v) is 6.17. The largest absolute Gasteiger partial charge is 0.489 e. The highest BCUT2D eigenvalue weighted by molar-refractivity contribution is 9.10. The van der Waals surface area contributed by atoms with Crippen molar-refractivity contribution >= 4 is 31.9 Å². The van der Waals surface area contributed by atoms with Gasteiger partial charge in [0.25, 0.3) is 0 Å². The molecule has 5 heteroatoms. The highest BCUT2D eigenvalue weighted by Gasteiger charge is 2.10. The van der Waals surface area contributed by atoms with E-state index in [1.165, 1.54) is 6.07 Å². The first-order valence-corrected chi connectivity index (χ1v) is 7.60. The third-order valence-corrected chi connectivity index (χ3v) is 3.90. The Morgan fingerprint density at radius 2 is 1.95 bits per heavy atom. The summed E-state index contributed by atoms with van der Waals surface area (Å²) >= 11 is 6.51. The fraction of sp³-hybridized carbons (Fsp3) is 0.200. The molecule has 2 aromatic carbocycles. The molecule has 0 aliphatic heterocycles. The molecule has 0 fully saturated rings. The Kier molecular flexibility index (Phi) is 5.18. The van der Waals surface area contributed by atoms with Crippen LogP contribution in [0.3, 0.4) is 0 Å². The molecule has 0 bridgehead atoms. The molecular weight excluding hydrogens is 391 g/mol. The zero-order valence-electron chi connectivity index (χ0n) is 10.7. The quantitative estimate of drug-likeness (QED) is 0.779. The molecule has 2 nitrogen and oxygen atoms in total. The van der Waals surface area contributed by atoms with Gasteiger partial charge in [-0.2, -0.15) is 0 Å². The molecule has 1 atom stereocenters. The predicted octanol–water partition coefficient (Wildman–Crippen LogP) is 4.98. The van der Waals surface area contributed by atoms with Gasteiger partial charge < -0.3 is 9.84 Å². The van der Waals surface area contributed by atoms with Crippen LogP contribution in [0, 0.1) is 5.82 Å². The number of aliphatic hydroxyl groups excluding tert-OH is 1. The maximum absolute atomic E-state index is 13.2. The third kappa shape index (κ3) is 3.81. The topological polar surface area (TPSA) is 29.5 Å². The molecule has 1 unspecified atom stereocenters. The molecule has 2 aromatic rings. The number of hydrogen-bond donors (Lipinski definition) is 1. The van der Waals surface area contributed by atoms with Gasteiger partial charge in [-0.3, -0.25) is 0 Å². The molecule has 0 spiro atoms. The lowest BCUT2D eigenvalue weighted by Gasteiger charge is -2.14. The van der Waals surface area contributed by atoms with Gasteiger partial charge in [0, 0.05) is 10.0 Å². The smallest absolute Gasteiger partial charge is 0.137 e. The summed E-state index contributed by atoms with van der Waals surface area (Å²) in [4.78, 5) is 0. The Bertz CT molecular complexity index is 615. The fourth-order valence-corrected chi connectivity index (χ4v) is 2.57. The molecule has 106 valence electrons. The van der Waals surface area contributed by atoms with E-state index >= 15 is 0 Å². The second-order valence-electron chi connectivity index (χ2n) is 4.40. The van der Waals surface area contributed by atoms with Crippen molar-refractivity contribution in [2.45, 2.75) is 19.6 Å². The van der Waals surface area contributed by atoms with Gasteiger partial charge in [0.05, 0.1) is 10.6 Å². The molecule has 0 aliphatic carbocycles. The molecule has 20 heavy (non-hydrogen) atoms. The van der Waals surface area contributed by atoms with Crippen LogP contribution in [0.25, 0.3) is 0 Å². The SMILES string of the molecule is CC(O)c1cc(Br)ccc1OCc1ccc(F)c(Br)c1. The third-order valence-electron chi connectivity index (χ3n) is 2.80. The molecule has 0 aliphatic rings. The van der Waals surface area contributed by atoms with E-state index in [4.69, 9.17) is 4.74 Å². The molecule has 1 N–H and O–H groups in total. The summed E-state index contributed by atoms with van der Waals surface area (Å²) in [7, 11) is 0. The van der Waals surface area contributed by atoms with Gasteiger partial charge in [0.15, 0.2) is 0 Å². The van der Waals surface area contributed by atoms with E-state index in [9.17, 15) is 9.50 Å². The van der Waals surface area contributed by atoms with Crippen LogP contribution in [0.2, 0.25) is 0 Å². The Labute approximate surface area is 133 Å². The minimum absolute atomic E-state index is 0.304. The van der Waals surface area contributed by atoms with Gasteiger partial charge in [-0.05, 0) is 58.7 Å². The van der Waals surface area contributed by atoms with E-state index in [1.54, 1.807) is 25.1 Å². The Balaban J connectivity index is 2.16. The van der Waals surface area contributed by atoms with Crippen molar-refractivity contribution < 1.29 is 14.2 Å². The van der Waals surface area contributed by atoms with Crippen LogP contribution >= 0.6 is 31.9 Å². The first-order chi connectivity index (χ1) is 9.47. The van der Waals surface area contributed by atoms with E-state index in [0.29, 0.717) is 22.4 Å². The van der Waals surface area contributed by atoms with E-state index < -0.39 is 6.10 Å². The second kappa shape index (κ2) is 6.70. The van der Waals surface area contributed by atoms with Crippen LogP contribution in [-0.4, -0.2) is 5.11 Å². The summed E-state index contributed by atoms with van der Waals surface area (Å²) in [6, 6.07) is 10.2. The Hall–Kier alpha value is -0.910. The van der Waals surface area contributed by atoms with Crippen molar-refractivity contribution in [3.63, 3.8) is 0 Å². The van der Waals surface area contributed by atoms with Gasteiger partial charge >= 0.3 is 0 Å². The van der Waals surface area contributed by atoms with E-state index in [2.05, 4.69) is 31.9 Å². The van der Waals surface area contributed by atoms with Crippen LogP contribution in [0.4, 0.5) is 4.39 Å². The van der Waals surface area contributed by atoms with Gasteiger partial charge in [-0.15, -0.1) is 0 Å². The monoisotopic (exact) mass is 402 g/mol. The lowest BCUT2D eigenvalue weighted by atomic mass is 10.1. The van der Waals surface area contributed by atoms with Crippen LogP contribution in [0.5, 0.6) is 5.75 Å². The highest BCUT2D eigenvalue weighted by Crippen LogP contribution is 2.29. The minimum atomic E-state index is -0.623. The maximum Gasteiger partial charge on any atom is 0.137 e. The predicted molar refractivity (Wildman–Crippen MR) is 83.2 cm³/mol. The summed E-state index contributed by atoms with van der Waals surface area (Å²) in [5, 5.41) is 9.75. The van der Waals surface area contributed by atoms with Gasteiger partial charge in [0.2, 0.25) is 0 Å². The molecular formula is C15H13Br2FO2. The lowest BCUT2D eigenvalue weighted by molar-refractivity contribution is 0.190. The van der Waals surface area contributed by atoms with Crippen LogP contribution in [0.1, 0.15) is 24.2 Å². The number of aliphatic hydroxyl groups is 1. The number of rotatable bonds is 4. The van der Waals surface area contributed by atoms with Crippen LogP contribution < -0.4 is 4.74 Å². The van der Waals surface area contributed by atoms with Crippen molar-refractivity contribution in [1.82, 2.24) is 0 Å². The van der Waals surface area contributed by atoms with Crippen LogP contribution in [-0.2, 0) is 6.61 Å². The van der Waals surface area contributed by atoms with Crippen LogP contribution in [0.15, 0.2) is 45.3 Å². The molecule has 0 amide bonds. The average molecular weight is 404 g/mol. The van der Waals surface area contributed by atoms with Crippen molar-refractivity contribution in [2.75, 3.05) is 0 Å². The first kappa shape index (κ1) is 15.5. The normalized spacial score (nSPS) is 12.2. The Morgan fingerprint density at radius 3 is 2.60 bits per heavy atom. The number of hydrogen-bond acceptors (Lipinski definition) is 2. The zero-order chi connectivity index (χ0) is 14.7. The molecule has 0 heterocycles. The standard InChI is InChI=1S/C15H13Br2FO2/c1-9(19)12-7-11(16)3-5-15(12)20-8-10-2-4-14(18)13(17)6-10/h2-7,9,19H,8H2,1H3. The van der Waals surface area contributed by atoms with Gasteiger partial charge in [-0.25, -0.2) is 4.39 Å². The summed E-state index contributed by atoms with van der Waals surface area (Å²) in [5.74, 6) is 0.311. The fourth-order valence-electron chi connectivity index (χ4n) is 1.77. The molecule has 0 aromatic heterocycles. The summed E-state index contributed by atoms with van der Waals surface area (Å²) in [5.41, 5.74) is 1.55. The number of halogens is 3. The molecule has 2 rings (SSSR count). The van der Waals surface area contributed by atoms with Gasteiger partial charge in [-0.1, -0.05) is 22.0 Å².